The van der Waals surface area contributed by atoms with Gasteiger partial charge >= 0.3 is 0 Å². The van der Waals surface area contributed by atoms with Crippen molar-refractivity contribution in [3.63, 3.8) is 0 Å². The summed E-state index contributed by atoms with van der Waals surface area (Å²) in [6.45, 7) is 3.66. The zero-order valence-corrected chi connectivity index (χ0v) is 19.0. The molecule has 0 spiro atoms. The van der Waals surface area contributed by atoms with Crippen LogP contribution in [0.2, 0.25) is 5.02 Å². The lowest BCUT2D eigenvalue weighted by Gasteiger charge is -2.11. The van der Waals surface area contributed by atoms with Crippen LogP contribution in [0.15, 0.2) is 72.1 Å². The number of carbonyl (C=O) groups is 2. The van der Waals surface area contributed by atoms with E-state index in [1.54, 1.807) is 58.0 Å². The number of halogens is 1. The normalized spacial score (nSPS) is 10.8. The third-order valence-electron chi connectivity index (χ3n) is 4.92. The van der Waals surface area contributed by atoms with Crippen molar-refractivity contribution >= 4 is 35.1 Å². The summed E-state index contributed by atoms with van der Waals surface area (Å²) in [5.41, 5.74) is 6.21. The molecule has 0 atom stereocenters. The van der Waals surface area contributed by atoms with E-state index in [1.807, 2.05) is 32.0 Å². The second kappa shape index (κ2) is 9.42. The average Bonchev–Trinajstić information content (AvgIpc) is 3.38. The highest BCUT2D eigenvalue weighted by Gasteiger charge is 2.19. The fourth-order valence-electron chi connectivity index (χ4n) is 3.31. The quantitative estimate of drug-likeness (QED) is 0.316. The molecule has 0 unspecified atom stereocenters. The summed E-state index contributed by atoms with van der Waals surface area (Å²) in [5.74, 6) is -0.129. The molecule has 0 saturated heterocycles. The zero-order valence-electron chi connectivity index (χ0n) is 17.4. The maximum absolute atomic E-state index is 13.0. The Morgan fingerprint density at radius 3 is 2.59 bits per heavy atom. The van der Waals surface area contributed by atoms with Crippen molar-refractivity contribution in [1.29, 1.82) is 0 Å². The molecule has 9 heteroatoms. The van der Waals surface area contributed by atoms with E-state index in [4.69, 9.17) is 11.6 Å². The Hall–Kier alpha value is -3.36. The first-order chi connectivity index (χ1) is 15.4. The second-order valence-corrected chi connectivity index (χ2v) is 8.48. The van der Waals surface area contributed by atoms with Gasteiger partial charge < -0.3 is 0 Å². The van der Waals surface area contributed by atoms with Gasteiger partial charge in [0.1, 0.15) is 6.33 Å². The first kappa shape index (κ1) is 21.9. The summed E-state index contributed by atoms with van der Waals surface area (Å²) >= 11 is 7.38. The number of hydrogen-bond acceptors (Lipinski definition) is 5. The van der Waals surface area contributed by atoms with Gasteiger partial charge in [-0.2, -0.15) is 0 Å². The summed E-state index contributed by atoms with van der Waals surface area (Å²) in [5, 5.41) is 9.28. The first-order valence-corrected chi connectivity index (χ1v) is 11.2. The average molecular weight is 466 g/mol. The van der Waals surface area contributed by atoms with E-state index >= 15 is 0 Å². The number of nitrogens with one attached hydrogen (secondary N) is 1. The number of nitrogens with zero attached hydrogens (tertiary/aromatic N) is 4. The molecule has 4 aromatic rings. The van der Waals surface area contributed by atoms with Crippen LogP contribution < -0.4 is 5.43 Å². The number of aromatic nitrogens is 4. The second-order valence-electron chi connectivity index (χ2n) is 7.10. The molecule has 7 nitrogen and oxygen atoms in total. The molecule has 0 aliphatic heterocycles. The Labute approximate surface area is 194 Å². The Bertz CT molecular complexity index is 1280. The van der Waals surface area contributed by atoms with Gasteiger partial charge in [-0.3, -0.25) is 24.3 Å². The van der Waals surface area contributed by atoms with Crippen molar-refractivity contribution in [3.05, 3.63) is 94.5 Å². The number of Topliss-reactive ketones (excluding diaryl/α,β-unsaturated/α-hetero) is 1. The number of ketones is 1. The number of carbonyl (C=O) groups excluding carboxylic acids is 2. The largest absolute Gasteiger partial charge is 0.293 e. The van der Waals surface area contributed by atoms with Crippen LogP contribution >= 0.6 is 23.4 Å². The summed E-state index contributed by atoms with van der Waals surface area (Å²) < 4.78 is 3.43. The fraction of sp³-hybridized carbons (Fsp3) is 0.130. The van der Waals surface area contributed by atoms with Crippen molar-refractivity contribution in [1.82, 2.24) is 19.4 Å². The Kier molecular flexibility index (Phi) is 6.43. The van der Waals surface area contributed by atoms with Gasteiger partial charge in [0.05, 0.1) is 11.4 Å². The van der Waals surface area contributed by atoms with E-state index in [2.05, 4.69) is 15.6 Å². The highest BCUT2D eigenvalue weighted by atomic mass is 35.5. The van der Waals surface area contributed by atoms with Gasteiger partial charge in [-0.05, 0) is 50.2 Å². The molecule has 1 N–H and O–H groups in total. The van der Waals surface area contributed by atoms with Crippen LogP contribution in [-0.4, -0.2) is 36.9 Å². The highest BCUT2D eigenvalue weighted by Crippen LogP contribution is 2.24. The minimum atomic E-state index is -0.240. The van der Waals surface area contributed by atoms with Crippen molar-refractivity contribution < 1.29 is 9.59 Å². The van der Waals surface area contributed by atoms with Crippen molar-refractivity contribution in [2.75, 3.05) is 11.2 Å². The zero-order chi connectivity index (χ0) is 22.7. The van der Waals surface area contributed by atoms with Gasteiger partial charge in [0, 0.05) is 27.5 Å². The summed E-state index contributed by atoms with van der Waals surface area (Å²) in [4.78, 5) is 25.5. The maximum Gasteiger partial charge on any atom is 0.270 e. The van der Waals surface area contributed by atoms with E-state index in [-0.39, 0.29) is 17.4 Å². The first-order valence-electron chi connectivity index (χ1n) is 9.81. The molecule has 0 aliphatic rings. The van der Waals surface area contributed by atoms with Crippen molar-refractivity contribution in [2.24, 2.45) is 0 Å². The Morgan fingerprint density at radius 2 is 1.84 bits per heavy atom. The number of aryl methyl sites for hydroxylation is 1. The molecular weight excluding hydrogens is 446 g/mol. The molecule has 0 aliphatic carbocycles. The Balaban J connectivity index is 1.48. The number of hydrogen-bond donors (Lipinski definition) is 1. The summed E-state index contributed by atoms with van der Waals surface area (Å²) in [7, 11) is 0. The summed E-state index contributed by atoms with van der Waals surface area (Å²) in [6.07, 6.45) is 1.59. The molecule has 32 heavy (non-hydrogen) atoms. The third kappa shape index (κ3) is 4.61. The lowest BCUT2D eigenvalue weighted by atomic mass is 10.2. The van der Waals surface area contributed by atoms with Crippen LogP contribution in [0.3, 0.4) is 0 Å². The predicted octanol–water partition coefficient (Wildman–Crippen LogP) is 4.70. The van der Waals surface area contributed by atoms with Gasteiger partial charge in [0.15, 0.2) is 10.9 Å². The topological polar surface area (TPSA) is 81.8 Å². The molecule has 1 amide bonds. The molecule has 162 valence electrons. The van der Waals surface area contributed by atoms with Gasteiger partial charge in [-0.1, -0.05) is 47.6 Å². The minimum Gasteiger partial charge on any atom is -0.293 e. The molecule has 0 fully saturated rings. The maximum atomic E-state index is 13.0. The minimum absolute atomic E-state index is 0.0658. The van der Waals surface area contributed by atoms with Gasteiger partial charge in [0.25, 0.3) is 5.91 Å². The van der Waals surface area contributed by atoms with E-state index < -0.39 is 0 Å². The van der Waals surface area contributed by atoms with Crippen LogP contribution in [0.4, 0.5) is 0 Å². The smallest absolute Gasteiger partial charge is 0.270 e. The molecule has 2 aromatic carbocycles. The fourth-order valence-corrected chi connectivity index (χ4v) is 4.30. The number of thioether (sulfide) groups is 1. The van der Waals surface area contributed by atoms with E-state index in [0.717, 1.165) is 11.4 Å². The Morgan fingerprint density at radius 1 is 1.06 bits per heavy atom. The van der Waals surface area contributed by atoms with Crippen molar-refractivity contribution in [2.45, 2.75) is 19.0 Å². The monoisotopic (exact) mass is 465 g/mol. The van der Waals surface area contributed by atoms with Crippen LogP contribution in [0.1, 0.15) is 32.1 Å². The lowest BCUT2D eigenvalue weighted by molar-refractivity contribution is 0.0999. The standard InChI is InChI=1S/C23H20ClN5O2S/c1-15-11-20(16(2)29(15)27-22(31)17-7-4-3-5-8-17)21(30)13-32-23-26-25-14-28(23)19-10-6-9-18(24)12-19/h3-12,14H,13H2,1-2H3,(H,27,31). The van der Waals surface area contributed by atoms with Gasteiger partial charge in [-0.15, -0.1) is 10.2 Å². The van der Waals surface area contributed by atoms with Crippen LogP contribution in [0.25, 0.3) is 5.69 Å². The van der Waals surface area contributed by atoms with Crippen LogP contribution in [0, 0.1) is 13.8 Å². The molecule has 0 radical (unpaired) electrons. The van der Waals surface area contributed by atoms with Gasteiger partial charge in [-0.25, -0.2) is 0 Å². The molecule has 2 aromatic heterocycles. The van der Waals surface area contributed by atoms with Crippen LogP contribution in [0.5, 0.6) is 0 Å². The van der Waals surface area contributed by atoms with E-state index in [1.165, 1.54) is 11.8 Å². The van der Waals surface area contributed by atoms with Crippen LogP contribution in [-0.2, 0) is 0 Å². The molecule has 2 heterocycles. The molecule has 0 bridgehead atoms. The number of amides is 1. The third-order valence-corrected chi connectivity index (χ3v) is 6.09. The van der Waals surface area contributed by atoms with E-state index in [0.29, 0.717) is 27.0 Å². The SMILES string of the molecule is Cc1cc(C(=O)CSc2nncn2-c2cccc(Cl)c2)c(C)n1NC(=O)c1ccccc1. The lowest BCUT2D eigenvalue weighted by Crippen LogP contribution is -2.25. The summed E-state index contributed by atoms with van der Waals surface area (Å²) in [6, 6.07) is 18.1. The molecule has 4 rings (SSSR count). The molecular formula is C23H20ClN5O2S. The molecule has 0 saturated carbocycles. The highest BCUT2D eigenvalue weighted by molar-refractivity contribution is 7.99. The van der Waals surface area contributed by atoms with E-state index in [9.17, 15) is 9.59 Å². The number of rotatable bonds is 7. The van der Waals surface area contributed by atoms with Gasteiger partial charge in [0.2, 0.25) is 0 Å². The predicted molar refractivity (Wildman–Crippen MR) is 125 cm³/mol. The van der Waals surface area contributed by atoms with Crippen molar-refractivity contribution in [3.8, 4) is 5.69 Å². The number of benzene rings is 2.